The lowest BCUT2D eigenvalue weighted by Crippen LogP contribution is -2.47. The zero-order valence-corrected chi connectivity index (χ0v) is 9.10. The van der Waals surface area contributed by atoms with E-state index < -0.39 is 0 Å². The molecule has 13 heavy (non-hydrogen) atoms. The molecule has 0 radical (unpaired) electrons. The van der Waals surface area contributed by atoms with Gasteiger partial charge in [-0.25, -0.2) is 0 Å². The van der Waals surface area contributed by atoms with Crippen molar-refractivity contribution in [2.75, 3.05) is 13.1 Å². The van der Waals surface area contributed by atoms with Gasteiger partial charge in [-0.1, -0.05) is 26.7 Å². The third-order valence-corrected chi connectivity index (χ3v) is 3.31. The lowest BCUT2D eigenvalue weighted by molar-refractivity contribution is 0.367. The van der Waals surface area contributed by atoms with E-state index in [1.54, 1.807) is 0 Å². The molecule has 1 rings (SSSR count). The van der Waals surface area contributed by atoms with Crippen LogP contribution in [0.15, 0.2) is 0 Å². The van der Waals surface area contributed by atoms with Crippen molar-refractivity contribution in [3.05, 3.63) is 0 Å². The molecule has 0 aromatic rings. The first-order valence-corrected chi connectivity index (χ1v) is 5.70. The molecule has 0 amide bonds. The number of hydrogen-bond acceptors (Lipinski definition) is 2. The number of hydrogen-bond donors (Lipinski definition) is 2. The molecule has 1 aliphatic carbocycles. The second-order valence-electron chi connectivity index (χ2n) is 4.48. The van der Waals surface area contributed by atoms with Crippen molar-refractivity contribution >= 4 is 0 Å². The molecule has 0 saturated heterocycles. The van der Waals surface area contributed by atoms with Crippen LogP contribution < -0.4 is 11.1 Å². The summed E-state index contributed by atoms with van der Waals surface area (Å²) in [5.74, 6) is 1.03. The second-order valence-corrected chi connectivity index (χ2v) is 4.48. The van der Waals surface area contributed by atoms with Crippen molar-refractivity contribution in [1.29, 1.82) is 0 Å². The van der Waals surface area contributed by atoms with Gasteiger partial charge in [-0.15, -0.1) is 0 Å². The van der Waals surface area contributed by atoms with Gasteiger partial charge in [0.1, 0.15) is 0 Å². The number of rotatable bonds is 7. The summed E-state index contributed by atoms with van der Waals surface area (Å²) in [4.78, 5) is 0. The van der Waals surface area contributed by atoms with Gasteiger partial charge in [0.25, 0.3) is 0 Å². The van der Waals surface area contributed by atoms with Gasteiger partial charge in [-0.05, 0) is 31.7 Å². The maximum Gasteiger partial charge on any atom is 0.0275 e. The fraction of sp³-hybridized carbons (Fsp3) is 1.00. The van der Waals surface area contributed by atoms with Crippen LogP contribution in [0.4, 0.5) is 0 Å². The lowest BCUT2D eigenvalue weighted by Gasteiger charge is -2.26. The first kappa shape index (κ1) is 11.0. The Kier molecular flexibility index (Phi) is 4.20. The standard InChI is InChI=1S/C11H24N2/c1-3-11(12,4-2)9-13-8-7-10-5-6-10/h10,13H,3-9,12H2,1-2H3. The van der Waals surface area contributed by atoms with Gasteiger partial charge in [0.05, 0.1) is 0 Å². The highest BCUT2D eigenvalue weighted by atomic mass is 14.9. The predicted molar refractivity (Wildman–Crippen MR) is 57.7 cm³/mol. The normalized spacial score (nSPS) is 17.8. The lowest BCUT2D eigenvalue weighted by atomic mass is 9.94. The van der Waals surface area contributed by atoms with Crippen molar-refractivity contribution in [3.63, 3.8) is 0 Å². The Balaban J connectivity index is 2.01. The Morgan fingerprint density at radius 1 is 1.31 bits per heavy atom. The Bertz CT molecular complexity index is 137. The summed E-state index contributed by atoms with van der Waals surface area (Å²) < 4.78 is 0. The Labute approximate surface area is 82.3 Å². The highest BCUT2D eigenvalue weighted by Crippen LogP contribution is 2.31. The fourth-order valence-corrected chi connectivity index (χ4v) is 1.55. The van der Waals surface area contributed by atoms with Crippen molar-refractivity contribution in [2.24, 2.45) is 11.7 Å². The van der Waals surface area contributed by atoms with E-state index in [9.17, 15) is 0 Å². The Morgan fingerprint density at radius 3 is 2.38 bits per heavy atom. The van der Waals surface area contributed by atoms with Crippen LogP contribution in [0.1, 0.15) is 46.0 Å². The monoisotopic (exact) mass is 184 g/mol. The molecule has 2 nitrogen and oxygen atoms in total. The highest BCUT2D eigenvalue weighted by molar-refractivity contribution is 4.83. The van der Waals surface area contributed by atoms with E-state index >= 15 is 0 Å². The van der Waals surface area contributed by atoms with Gasteiger partial charge in [0.15, 0.2) is 0 Å². The zero-order valence-electron chi connectivity index (χ0n) is 9.10. The average molecular weight is 184 g/mol. The molecule has 1 saturated carbocycles. The largest absolute Gasteiger partial charge is 0.324 e. The van der Waals surface area contributed by atoms with Crippen molar-refractivity contribution < 1.29 is 0 Å². The predicted octanol–water partition coefficient (Wildman–Crippen LogP) is 1.89. The Hall–Kier alpha value is -0.0800. The minimum absolute atomic E-state index is 0.0313. The van der Waals surface area contributed by atoms with E-state index in [1.165, 1.54) is 19.3 Å². The number of nitrogens with two attached hydrogens (primary N) is 1. The summed E-state index contributed by atoms with van der Waals surface area (Å²) in [6.07, 6.45) is 6.40. The molecular weight excluding hydrogens is 160 g/mol. The third kappa shape index (κ3) is 4.10. The molecule has 0 aromatic carbocycles. The van der Waals surface area contributed by atoms with E-state index in [-0.39, 0.29) is 5.54 Å². The van der Waals surface area contributed by atoms with Crippen LogP contribution in [0.5, 0.6) is 0 Å². The molecule has 78 valence electrons. The van der Waals surface area contributed by atoms with Crippen molar-refractivity contribution in [2.45, 2.75) is 51.5 Å². The SMILES string of the molecule is CCC(N)(CC)CNCCC1CC1. The van der Waals surface area contributed by atoms with E-state index in [2.05, 4.69) is 19.2 Å². The smallest absolute Gasteiger partial charge is 0.0275 e. The summed E-state index contributed by atoms with van der Waals surface area (Å²) in [7, 11) is 0. The molecule has 0 spiro atoms. The molecule has 0 bridgehead atoms. The van der Waals surface area contributed by atoms with E-state index in [1.807, 2.05) is 0 Å². The summed E-state index contributed by atoms with van der Waals surface area (Å²) in [6.45, 7) is 6.48. The van der Waals surface area contributed by atoms with Crippen LogP contribution in [0, 0.1) is 5.92 Å². The van der Waals surface area contributed by atoms with Crippen LogP contribution >= 0.6 is 0 Å². The quantitative estimate of drug-likeness (QED) is 0.593. The van der Waals surface area contributed by atoms with Crippen LogP contribution in [-0.2, 0) is 0 Å². The maximum atomic E-state index is 6.17. The first-order chi connectivity index (χ1) is 6.20. The maximum absolute atomic E-state index is 6.17. The highest BCUT2D eigenvalue weighted by Gasteiger charge is 2.22. The zero-order chi connectivity index (χ0) is 9.73. The minimum Gasteiger partial charge on any atom is -0.324 e. The molecule has 1 fully saturated rings. The van der Waals surface area contributed by atoms with Crippen molar-refractivity contribution in [1.82, 2.24) is 5.32 Å². The van der Waals surface area contributed by atoms with Gasteiger partial charge >= 0.3 is 0 Å². The number of nitrogens with one attached hydrogen (secondary N) is 1. The van der Waals surface area contributed by atoms with E-state index in [0.29, 0.717) is 0 Å². The average Bonchev–Trinajstić information content (AvgIpc) is 2.96. The van der Waals surface area contributed by atoms with E-state index in [4.69, 9.17) is 5.73 Å². The summed E-state index contributed by atoms with van der Waals surface area (Å²) in [6, 6.07) is 0. The molecule has 0 unspecified atom stereocenters. The Morgan fingerprint density at radius 2 is 1.92 bits per heavy atom. The van der Waals surface area contributed by atoms with E-state index in [0.717, 1.165) is 31.8 Å². The minimum atomic E-state index is 0.0313. The molecule has 0 atom stereocenters. The molecule has 0 heterocycles. The van der Waals surface area contributed by atoms with Gasteiger partial charge in [-0.2, -0.15) is 0 Å². The van der Waals surface area contributed by atoms with Crippen LogP contribution in [0.3, 0.4) is 0 Å². The summed E-state index contributed by atoms with van der Waals surface area (Å²) in [5, 5.41) is 3.47. The second kappa shape index (κ2) is 4.97. The third-order valence-electron chi connectivity index (χ3n) is 3.31. The topological polar surface area (TPSA) is 38.0 Å². The van der Waals surface area contributed by atoms with Crippen LogP contribution in [-0.4, -0.2) is 18.6 Å². The van der Waals surface area contributed by atoms with Gasteiger partial charge < -0.3 is 11.1 Å². The van der Waals surface area contributed by atoms with Crippen molar-refractivity contribution in [3.8, 4) is 0 Å². The summed E-state index contributed by atoms with van der Waals surface area (Å²) in [5.41, 5.74) is 6.20. The van der Waals surface area contributed by atoms with Gasteiger partial charge in [-0.3, -0.25) is 0 Å². The molecular formula is C11H24N2. The molecule has 1 aliphatic rings. The van der Waals surface area contributed by atoms with Gasteiger partial charge in [0.2, 0.25) is 0 Å². The first-order valence-electron chi connectivity index (χ1n) is 5.70. The van der Waals surface area contributed by atoms with Crippen LogP contribution in [0.25, 0.3) is 0 Å². The molecule has 3 N–H and O–H groups in total. The molecule has 0 aromatic heterocycles. The molecule has 2 heteroatoms. The fourth-order valence-electron chi connectivity index (χ4n) is 1.55. The van der Waals surface area contributed by atoms with Gasteiger partial charge in [0, 0.05) is 12.1 Å². The van der Waals surface area contributed by atoms with Crippen LogP contribution in [0.2, 0.25) is 0 Å². The molecule has 0 aliphatic heterocycles. The summed E-state index contributed by atoms with van der Waals surface area (Å²) >= 11 is 0.